The van der Waals surface area contributed by atoms with Crippen molar-refractivity contribution in [3.8, 4) is 11.1 Å². The number of aromatic nitrogens is 3. The summed E-state index contributed by atoms with van der Waals surface area (Å²) in [6.45, 7) is 0. The SMILES string of the molecule is Fc1ccc(C(F)(F)F)cc1-c1cccn2ncnc12. The number of benzene rings is 1. The van der Waals surface area contributed by atoms with Gasteiger partial charge in [0.1, 0.15) is 12.1 Å². The molecule has 0 spiro atoms. The molecule has 0 saturated heterocycles. The molecule has 0 aliphatic carbocycles. The Morgan fingerprint density at radius 3 is 2.60 bits per heavy atom. The lowest BCUT2D eigenvalue weighted by Gasteiger charge is -2.10. The van der Waals surface area contributed by atoms with Crippen molar-refractivity contribution < 1.29 is 17.6 Å². The maximum atomic E-state index is 13.9. The highest BCUT2D eigenvalue weighted by molar-refractivity contribution is 5.77. The lowest BCUT2D eigenvalue weighted by molar-refractivity contribution is -0.137. The van der Waals surface area contributed by atoms with Gasteiger partial charge in [0.05, 0.1) is 5.56 Å². The van der Waals surface area contributed by atoms with Crippen LogP contribution >= 0.6 is 0 Å². The van der Waals surface area contributed by atoms with E-state index in [0.29, 0.717) is 11.7 Å². The van der Waals surface area contributed by atoms with Crippen LogP contribution in [0.5, 0.6) is 0 Å². The maximum absolute atomic E-state index is 13.9. The molecule has 3 nitrogen and oxygen atoms in total. The smallest absolute Gasteiger partial charge is 0.221 e. The second kappa shape index (κ2) is 4.29. The Balaban J connectivity index is 2.26. The predicted octanol–water partition coefficient (Wildman–Crippen LogP) is 3.55. The first-order valence-electron chi connectivity index (χ1n) is 5.62. The third kappa shape index (κ3) is 2.01. The fourth-order valence-corrected chi connectivity index (χ4v) is 1.97. The van der Waals surface area contributed by atoms with E-state index in [1.54, 1.807) is 12.3 Å². The summed E-state index contributed by atoms with van der Waals surface area (Å²) in [7, 11) is 0. The summed E-state index contributed by atoms with van der Waals surface area (Å²) in [6.07, 6.45) is -1.69. The topological polar surface area (TPSA) is 30.2 Å². The van der Waals surface area contributed by atoms with Crippen LogP contribution in [0.2, 0.25) is 0 Å². The second-order valence-electron chi connectivity index (χ2n) is 4.14. The number of nitrogens with zero attached hydrogens (tertiary/aromatic N) is 3. The molecular formula is C13H7F4N3. The van der Waals surface area contributed by atoms with Gasteiger partial charge in [0.25, 0.3) is 0 Å². The quantitative estimate of drug-likeness (QED) is 0.638. The molecule has 3 rings (SSSR count). The molecule has 0 N–H and O–H groups in total. The molecule has 2 heterocycles. The van der Waals surface area contributed by atoms with Gasteiger partial charge in [-0.25, -0.2) is 13.9 Å². The summed E-state index contributed by atoms with van der Waals surface area (Å²) in [5.41, 5.74) is -0.506. The molecule has 7 heteroatoms. The van der Waals surface area contributed by atoms with E-state index in [9.17, 15) is 17.6 Å². The standard InChI is InChI=1S/C13H7F4N3/c14-11-4-3-8(13(15,16)17)6-10(11)9-2-1-5-20-12(9)18-7-19-20/h1-7H. The Kier molecular flexibility index (Phi) is 2.70. The Morgan fingerprint density at radius 1 is 1.05 bits per heavy atom. The largest absolute Gasteiger partial charge is 0.416 e. The molecule has 0 aliphatic heterocycles. The van der Waals surface area contributed by atoms with Crippen molar-refractivity contribution in [2.75, 3.05) is 0 Å². The fourth-order valence-electron chi connectivity index (χ4n) is 1.97. The van der Waals surface area contributed by atoms with Crippen molar-refractivity contribution in [3.05, 3.63) is 54.2 Å². The predicted molar refractivity (Wildman–Crippen MR) is 63.4 cm³/mol. The normalized spacial score (nSPS) is 12.0. The first-order valence-corrected chi connectivity index (χ1v) is 5.62. The first-order chi connectivity index (χ1) is 9.47. The molecule has 0 saturated carbocycles. The molecule has 0 radical (unpaired) electrons. The molecule has 1 aromatic carbocycles. The van der Waals surface area contributed by atoms with Gasteiger partial charge < -0.3 is 0 Å². The molecule has 3 aromatic rings. The number of rotatable bonds is 1. The zero-order chi connectivity index (χ0) is 14.3. The number of alkyl halides is 3. The van der Waals surface area contributed by atoms with Crippen molar-refractivity contribution in [2.24, 2.45) is 0 Å². The van der Waals surface area contributed by atoms with Crippen LogP contribution in [0.3, 0.4) is 0 Å². The summed E-state index contributed by atoms with van der Waals surface area (Å²) in [5, 5.41) is 3.87. The number of fused-ring (bicyclic) bond motifs is 1. The second-order valence-corrected chi connectivity index (χ2v) is 4.14. The molecule has 2 aromatic heterocycles. The monoisotopic (exact) mass is 281 g/mol. The first kappa shape index (κ1) is 12.6. The molecular weight excluding hydrogens is 274 g/mol. The zero-order valence-corrected chi connectivity index (χ0v) is 9.89. The minimum absolute atomic E-state index is 0.154. The van der Waals surface area contributed by atoms with E-state index < -0.39 is 17.6 Å². The maximum Gasteiger partial charge on any atom is 0.416 e. The summed E-state index contributed by atoms with van der Waals surface area (Å²) >= 11 is 0. The molecule has 0 amide bonds. The molecule has 102 valence electrons. The van der Waals surface area contributed by atoms with Gasteiger partial charge in [-0.05, 0) is 30.3 Å². The van der Waals surface area contributed by atoms with Crippen LogP contribution in [0.25, 0.3) is 16.8 Å². The van der Waals surface area contributed by atoms with E-state index in [1.807, 2.05) is 0 Å². The lowest BCUT2D eigenvalue weighted by atomic mass is 10.0. The summed E-state index contributed by atoms with van der Waals surface area (Å²) in [4.78, 5) is 3.93. The van der Waals surface area contributed by atoms with Gasteiger partial charge in [-0.3, -0.25) is 0 Å². The molecule has 0 atom stereocenters. The minimum atomic E-state index is -4.53. The number of hydrogen-bond donors (Lipinski definition) is 0. The van der Waals surface area contributed by atoms with Gasteiger partial charge in [0, 0.05) is 17.3 Å². The van der Waals surface area contributed by atoms with E-state index in [2.05, 4.69) is 10.1 Å². The number of halogens is 4. The van der Waals surface area contributed by atoms with E-state index >= 15 is 0 Å². The molecule has 20 heavy (non-hydrogen) atoms. The van der Waals surface area contributed by atoms with E-state index in [1.165, 1.54) is 16.9 Å². The number of pyridine rings is 1. The van der Waals surface area contributed by atoms with Crippen LogP contribution in [0.4, 0.5) is 17.6 Å². The highest BCUT2D eigenvalue weighted by Gasteiger charge is 2.31. The van der Waals surface area contributed by atoms with Crippen molar-refractivity contribution in [2.45, 2.75) is 6.18 Å². The Labute approximate surface area is 110 Å². The Bertz CT molecular complexity index is 777. The van der Waals surface area contributed by atoms with Crippen LogP contribution in [-0.4, -0.2) is 14.6 Å². The highest BCUT2D eigenvalue weighted by Crippen LogP contribution is 2.34. The van der Waals surface area contributed by atoms with Gasteiger partial charge in [0.2, 0.25) is 0 Å². The summed E-state index contributed by atoms with van der Waals surface area (Å²) < 4.78 is 53.4. The summed E-state index contributed by atoms with van der Waals surface area (Å²) in [5.74, 6) is -0.742. The van der Waals surface area contributed by atoms with Crippen LogP contribution < -0.4 is 0 Å². The summed E-state index contributed by atoms with van der Waals surface area (Å²) in [6, 6.07) is 5.36. The van der Waals surface area contributed by atoms with Gasteiger partial charge in [0.15, 0.2) is 5.65 Å². The highest BCUT2D eigenvalue weighted by atomic mass is 19.4. The Morgan fingerprint density at radius 2 is 1.85 bits per heavy atom. The average Bonchev–Trinajstić information content (AvgIpc) is 2.86. The lowest BCUT2D eigenvalue weighted by Crippen LogP contribution is -2.05. The van der Waals surface area contributed by atoms with Gasteiger partial charge in [-0.2, -0.15) is 18.3 Å². The van der Waals surface area contributed by atoms with Crippen molar-refractivity contribution >= 4 is 5.65 Å². The molecule has 0 bridgehead atoms. The van der Waals surface area contributed by atoms with Crippen molar-refractivity contribution in [1.82, 2.24) is 14.6 Å². The number of hydrogen-bond acceptors (Lipinski definition) is 2. The zero-order valence-electron chi connectivity index (χ0n) is 9.89. The van der Waals surface area contributed by atoms with Crippen LogP contribution in [0.1, 0.15) is 5.56 Å². The molecule has 0 aliphatic rings. The van der Waals surface area contributed by atoms with Crippen LogP contribution in [-0.2, 0) is 6.18 Å². The Hall–Kier alpha value is -2.44. The molecule has 0 unspecified atom stereocenters. The van der Waals surface area contributed by atoms with E-state index in [-0.39, 0.29) is 11.1 Å². The van der Waals surface area contributed by atoms with Gasteiger partial charge >= 0.3 is 6.18 Å². The van der Waals surface area contributed by atoms with Crippen molar-refractivity contribution in [3.63, 3.8) is 0 Å². The van der Waals surface area contributed by atoms with Crippen LogP contribution in [0.15, 0.2) is 42.9 Å². The molecule has 0 fully saturated rings. The van der Waals surface area contributed by atoms with Gasteiger partial charge in [-0.1, -0.05) is 0 Å². The third-order valence-corrected chi connectivity index (χ3v) is 2.89. The minimum Gasteiger partial charge on any atom is -0.221 e. The van der Waals surface area contributed by atoms with E-state index in [0.717, 1.165) is 12.1 Å². The average molecular weight is 281 g/mol. The van der Waals surface area contributed by atoms with E-state index in [4.69, 9.17) is 0 Å². The fraction of sp³-hybridized carbons (Fsp3) is 0.0769. The van der Waals surface area contributed by atoms with Crippen LogP contribution in [0, 0.1) is 5.82 Å². The third-order valence-electron chi connectivity index (χ3n) is 2.89. The van der Waals surface area contributed by atoms with Gasteiger partial charge in [-0.15, -0.1) is 0 Å². The van der Waals surface area contributed by atoms with Crippen molar-refractivity contribution in [1.29, 1.82) is 0 Å².